The molecule has 0 unspecified atom stereocenters. The zero-order valence-electron chi connectivity index (χ0n) is 6.44. The predicted octanol–water partition coefficient (Wildman–Crippen LogP) is 0.368. The van der Waals surface area contributed by atoms with E-state index >= 15 is 0 Å². The van der Waals surface area contributed by atoms with E-state index in [1.165, 1.54) is 10.8 Å². The van der Waals surface area contributed by atoms with Crippen molar-refractivity contribution in [1.82, 2.24) is 14.8 Å². The summed E-state index contributed by atoms with van der Waals surface area (Å²) in [6.07, 6.45) is 1.54. The zero-order chi connectivity index (χ0) is 8.55. The van der Waals surface area contributed by atoms with Gasteiger partial charge in [0.25, 0.3) is 0 Å². The van der Waals surface area contributed by atoms with Crippen LogP contribution in [0.15, 0.2) is 27.6 Å². The van der Waals surface area contributed by atoms with Gasteiger partial charge in [-0.2, -0.15) is 0 Å². The van der Waals surface area contributed by atoms with Gasteiger partial charge in [-0.05, 0) is 12.1 Å². The molecule has 12 heavy (non-hydrogen) atoms. The van der Waals surface area contributed by atoms with Gasteiger partial charge in [-0.1, -0.05) is 0 Å². The molecule has 5 heteroatoms. The summed E-state index contributed by atoms with van der Waals surface area (Å²) >= 11 is 0. The molecule has 0 bridgehead atoms. The largest absolute Gasteiger partial charge is 0.461 e. The van der Waals surface area contributed by atoms with E-state index in [0.717, 1.165) is 0 Å². The molecular formula is C7H7N3O2. The summed E-state index contributed by atoms with van der Waals surface area (Å²) in [6.45, 7) is 0. The van der Waals surface area contributed by atoms with Crippen LogP contribution in [0.25, 0.3) is 11.6 Å². The van der Waals surface area contributed by atoms with Crippen molar-refractivity contribution in [2.24, 2.45) is 7.05 Å². The minimum absolute atomic E-state index is 0.249. The molecule has 0 atom stereocenters. The van der Waals surface area contributed by atoms with Crippen molar-refractivity contribution in [3.05, 3.63) is 28.9 Å². The minimum Gasteiger partial charge on any atom is -0.461 e. The van der Waals surface area contributed by atoms with E-state index in [4.69, 9.17) is 4.42 Å². The fourth-order valence-corrected chi connectivity index (χ4v) is 0.973. The van der Waals surface area contributed by atoms with Gasteiger partial charge >= 0.3 is 5.69 Å². The maximum Gasteiger partial charge on any atom is 0.343 e. The van der Waals surface area contributed by atoms with Crippen LogP contribution in [0, 0.1) is 0 Å². The molecule has 1 N–H and O–H groups in total. The Morgan fingerprint density at radius 2 is 2.50 bits per heavy atom. The molecule has 0 aliphatic carbocycles. The van der Waals surface area contributed by atoms with E-state index in [0.29, 0.717) is 11.6 Å². The van der Waals surface area contributed by atoms with E-state index in [1.807, 2.05) is 0 Å². The second-order valence-corrected chi connectivity index (χ2v) is 2.39. The number of rotatable bonds is 1. The summed E-state index contributed by atoms with van der Waals surface area (Å²) in [5.41, 5.74) is -0.249. The van der Waals surface area contributed by atoms with Crippen molar-refractivity contribution in [2.45, 2.75) is 0 Å². The molecule has 0 spiro atoms. The Kier molecular flexibility index (Phi) is 1.36. The predicted molar refractivity (Wildman–Crippen MR) is 41.5 cm³/mol. The second kappa shape index (κ2) is 2.37. The summed E-state index contributed by atoms with van der Waals surface area (Å²) in [7, 11) is 1.63. The molecule has 0 amide bonds. The number of hydrogen-bond acceptors (Lipinski definition) is 3. The lowest BCUT2D eigenvalue weighted by atomic mass is 10.4. The van der Waals surface area contributed by atoms with Gasteiger partial charge in [0.15, 0.2) is 11.6 Å². The number of nitrogens with zero attached hydrogens (tertiary/aromatic N) is 2. The third kappa shape index (κ3) is 0.868. The topological polar surface area (TPSA) is 63.8 Å². The van der Waals surface area contributed by atoms with Crippen molar-refractivity contribution in [2.75, 3.05) is 0 Å². The van der Waals surface area contributed by atoms with Crippen LogP contribution >= 0.6 is 0 Å². The van der Waals surface area contributed by atoms with Crippen LogP contribution in [0.5, 0.6) is 0 Å². The highest BCUT2D eigenvalue weighted by molar-refractivity contribution is 5.45. The van der Waals surface area contributed by atoms with E-state index in [1.54, 1.807) is 19.2 Å². The summed E-state index contributed by atoms with van der Waals surface area (Å²) in [4.78, 5) is 10.9. The van der Waals surface area contributed by atoms with Crippen molar-refractivity contribution in [3.63, 3.8) is 0 Å². The standard InChI is InChI=1S/C7H7N3O2/c1-10-6(8-9-7(10)11)5-3-2-4-12-5/h2-4H,1H3,(H,9,11). The first-order chi connectivity index (χ1) is 5.79. The number of H-pyrrole nitrogens is 1. The smallest absolute Gasteiger partial charge is 0.343 e. The first-order valence-corrected chi connectivity index (χ1v) is 3.44. The molecular weight excluding hydrogens is 158 g/mol. The fraction of sp³-hybridized carbons (Fsp3) is 0.143. The maximum absolute atomic E-state index is 10.9. The van der Waals surface area contributed by atoms with Gasteiger partial charge in [0, 0.05) is 7.05 Å². The average molecular weight is 165 g/mol. The van der Waals surface area contributed by atoms with Crippen molar-refractivity contribution < 1.29 is 4.42 Å². The quantitative estimate of drug-likeness (QED) is 0.663. The van der Waals surface area contributed by atoms with Crippen molar-refractivity contribution in [3.8, 4) is 11.6 Å². The van der Waals surface area contributed by atoms with Crippen molar-refractivity contribution >= 4 is 0 Å². The van der Waals surface area contributed by atoms with Crippen LogP contribution in [0.1, 0.15) is 0 Å². The van der Waals surface area contributed by atoms with Crippen LogP contribution in [0.3, 0.4) is 0 Å². The highest BCUT2D eigenvalue weighted by atomic mass is 16.3. The minimum atomic E-state index is -0.249. The molecule has 0 radical (unpaired) electrons. The number of hydrogen-bond donors (Lipinski definition) is 1. The lowest BCUT2D eigenvalue weighted by Gasteiger charge is -1.91. The summed E-state index contributed by atoms with van der Waals surface area (Å²) in [5.74, 6) is 1.08. The van der Waals surface area contributed by atoms with Crippen LogP contribution in [0.4, 0.5) is 0 Å². The third-order valence-electron chi connectivity index (χ3n) is 1.62. The Labute approximate surface area is 67.6 Å². The Hall–Kier alpha value is -1.78. The molecule has 62 valence electrons. The normalized spacial score (nSPS) is 10.4. The molecule has 0 saturated heterocycles. The van der Waals surface area contributed by atoms with E-state index < -0.39 is 0 Å². The fourth-order valence-electron chi connectivity index (χ4n) is 0.973. The highest BCUT2D eigenvalue weighted by Crippen LogP contribution is 2.13. The van der Waals surface area contributed by atoms with Gasteiger partial charge in [-0.3, -0.25) is 4.57 Å². The molecule has 0 saturated carbocycles. The molecule has 0 aromatic carbocycles. The summed E-state index contributed by atoms with van der Waals surface area (Å²) < 4.78 is 6.46. The molecule has 2 aromatic heterocycles. The Morgan fingerprint density at radius 3 is 3.00 bits per heavy atom. The molecule has 0 fully saturated rings. The average Bonchev–Trinajstić information content (AvgIpc) is 2.64. The lowest BCUT2D eigenvalue weighted by molar-refractivity contribution is 0.573. The van der Waals surface area contributed by atoms with Gasteiger partial charge < -0.3 is 4.42 Å². The second-order valence-electron chi connectivity index (χ2n) is 2.39. The first kappa shape index (κ1) is 6.90. The molecule has 0 aliphatic rings. The van der Waals surface area contributed by atoms with E-state index in [9.17, 15) is 4.79 Å². The Morgan fingerprint density at radius 1 is 1.67 bits per heavy atom. The van der Waals surface area contributed by atoms with Crippen molar-refractivity contribution in [1.29, 1.82) is 0 Å². The van der Waals surface area contributed by atoms with Gasteiger partial charge in [0.1, 0.15) is 0 Å². The number of nitrogens with one attached hydrogen (secondary N) is 1. The number of furan rings is 1. The SMILES string of the molecule is Cn1c(-c2ccco2)n[nH]c1=O. The third-order valence-corrected chi connectivity index (χ3v) is 1.62. The maximum atomic E-state index is 10.9. The first-order valence-electron chi connectivity index (χ1n) is 3.44. The molecule has 2 heterocycles. The van der Waals surface area contributed by atoms with Gasteiger partial charge in [0.2, 0.25) is 0 Å². The monoisotopic (exact) mass is 165 g/mol. The number of aromatic amines is 1. The number of aromatic nitrogens is 3. The Bertz CT molecular complexity index is 424. The van der Waals surface area contributed by atoms with Crippen LogP contribution < -0.4 is 5.69 Å². The van der Waals surface area contributed by atoms with Crippen LogP contribution in [0.2, 0.25) is 0 Å². The lowest BCUT2D eigenvalue weighted by Crippen LogP contribution is -2.12. The highest BCUT2D eigenvalue weighted by Gasteiger charge is 2.08. The van der Waals surface area contributed by atoms with Crippen LogP contribution in [-0.2, 0) is 7.05 Å². The van der Waals surface area contributed by atoms with E-state index in [2.05, 4.69) is 10.2 Å². The molecule has 5 nitrogen and oxygen atoms in total. The van der Waals surface area contributed by atoms with Gasteiger partial charge in [-0.25, -0.2) is 9.89 Å². The Balaban J connectivity index is 2.62. The van der Waals surface area contributed by atoms with E-state index in [-0.39, 0.29) is 5.69 Å². The summed E-state index contributed by atoms with van der Waals surface area (Å²) in [6, 6.07) is 3.49. The summed E-state index contributed by atoms with van der Waals surface area (Å²) in [5, 5.41) is 6.11. The van der Waals surface area contributed by atoms with Crippen LogP contribution in [-0.4, -0.2) is 14.8 Å². The molecule has 0 aliphatic heterocycles. The zero-order valence-corrected chi connectivity index (χ0v) is 6.44. The van der Waals surface area contributed by atoms with Gasteiger partial charge in [0.05, 0.1) is 6.26 Å². The van der Waals surface area contributed by atoms with Gasteiger partial charge in [-0.15, -0.1) is 5.10 Å². The molecule has 2 aromatic rings. The molecule has 2 rings (SSSR count).